The lowest BCUT2D eigenvalue weighted by atomic mass is 10.0. The Hall–Kier alpha value is -2.48. The molecule has 0 atom stereocenters. The average molecular weight is 357 g/mol. The maximum atomic E-state index is 12.8. The van der Waals surface area contributed by atoms with Crippen molar-refractivity contribution in [1.82, 2.24) is 14.3 Å². The Kier molecular flexibility index (Phi) is 4.12. The summed E-state index contributed by atoms with van der Waals surface area (Å²) in [5.74, 6) is 0.638. The van der Waals surface area contributed by atoms with E-state index in [1.807, 2.05) is 25.1 Å². The van der Waals surface area contributed by atoms with Crippen LogP contribution in [-0.2, 0) is 4.79 Å². The van der Waals surface area contributed by atoms with E-state index in [9.17, 15) is 9.59 Å². The molecule has 0 unspecified atom stereocenters. The molecule has 7 nitrogen and oxygen atoms in total. The Morgan fingerprint density at radius 1 is 1.12 bits per heavy atom. The van der Waals surface area contributed by atoms with Gasteiger partial charge >= 0.3 is 6.03 Å². The molecule has 3 heterocycles. The van der Waals surface area contributed by atoms with Gasteiger partial charge in [-0.2, -0.15) is 4.37 Å². The summed E-state index contributed by atoms with van der Waals surface area (Å²) in [5, 5.41) is 0.936. The van der Waals surface area contributed by atoms with Crippen LogP contribution in [0.5, 0.6) is 0 Å². The Bertz CT molecular complexity index is 785. The number of imide groups is 1. The van der Waals surface area contributed by atoms with Gasteiger partial charge in [-0.25, -0.2) is 14.7 Å². The van der Waals surface area contributed by atoms with E-state index in [1.54, 1.807) is 17.0 Å². The summed E-state index contributed by atoms with van der Waals surface area (Å²) < 4.78 is 4.23. The first kappa shape index (κ1) is 16.0. The third kappa shape index (κ3) is 2.97. The first-order valence-electron chi connectivity index (χ1n) is 8.37. The second-order valence-electron chi connectivity index (χ2n) is 6.32. The highest BCUT2D eigenvalue weighted by Gasteiger charge is 2.41. The highest BCUT2D eigenvalue weighted by atomic mass is 32.1. The number of para-hydroxylation sites is 1. The van der Waals surface area contributed by atoms with Gasteiger partial charge in [-0.3, -0.25) is 4.79 Å². The SMILES string of the molecule is Cc1nsc(N2CCC(N3CC(=O)N(c4ccccc4)C3=O)CC2)n1. The van der Waals surface area contributed by atoms with E-state index in [2.05, 4.69) is 14.3 Å². The van der Waals surface area contributed by atoms with Crippen LogP contribution >= 0.6 is 11.5 Å². The number of nitrogens with zero attached hydrogens (tertiary/aromatic N) is 5. The molecular weight excluding hydrogens is 338 g/mol. The van der Waals surface area contributed by atoms with Gasteiger partial charge in [0, 0.05) is 30.7 Å². The van der Waals surface area contributed by atoms with Crippen LogP contribution in [0.15, 0.2) is 30.3 Å². The molecule has 0 aliphatic carbocycles. The number of carbonyl (C=O) groups is 2. The van der Waals surface area contributed by atoms with Crippen molar-refractivity contribution in [3.63, 3.8) is 0 Å². The van der Waals surface area contributed by atoms with Crippen LogP contribution in [0, 0.1) is 6.92 Å². The maximum Gasteiger partial charge on any atom is 0.332 e. The number of rotatable bonds is 3. The second-order valence-corrected chi connectivity index (χ2v) is 7.05. The molecule has 2 aliphatic rings. The van der Waals surface area contributed by atoms with Crippen molar-refractivity contribution in [3.8, 4) is 0 Å². The fraction of sp³-hybridized carbons (Fsp3) is 0.412. The largest absolute Gasteiger partial charge is 0.347 e. The molecular formula is C17H19N5O2S. The van der Waals surface area contributed by atoms with Gasteiger partial charge in [0.15, 0.2) is 0 Å². The molecule has 0 bridgehead atoms. The molecule has 130 valence electrons. The molecule has 2 saturated heterocycles. The molecule has 1 aromatic heterocycles. The fourth-order valence-electron chi connectivity index (χ4n) is 3.42. The highest BCUT2D eigenvalue weighted by molar-refractivity contribution is 7.09. The molecule has 0 saturated carbocycles. The molecule has 0 N–H and O–H groups in total. The quantitative estimate of drug-likeness (QED) is 0.788. The number of aromatic nitrogens is 2. The third-order valence-electron chi connectivity index (χ3n) is 4.70. The molecule has 2 aromatic rings. The summed E-state index contributed by atoms with van der Waals surface area (Å²) in [7, 11) is 0. The van der Waals surface area contributed by atoms with Crippen LogP contribution in [-0.4, -0.2) is 51.9 Å². The molecule has 3 amide bonds. The van der Waals surface area contributed by atoms with Crippen molar-refractivity contribution in [2.45, 2.75) is 25.8 Å². The lowest BCUT2D eigenvalue weighted by Crippen LogP contribution is -2.46. The van der Waals surface area contributed by atoms with Crippen LogP contribution in [0.4, 0.5) is 15.6 Å². The van der Waals surface area contributed by atoms with Gasteiger partial charge in [0.25, 0.3) is 5.91 Å². The van der Waals surface area contributed by atoms with Gasteiger partial charge in [-0.05, 0) is 31.9 Å². The lowest BCUT2D eigenvalue weighted by molar-refractivity contribution is -0.116. The van der Waals surface area contributed by atoms with E-state index in [1.165, 1.54) is 16.4 Å². The molecule has 0 spiro atoms. The van der Waals surface area contributed by atoms with Crippen molar-refractivity contribution >= 4 is 34.3 Å². The molecule has 0 radical (unpaired) electrons. The van der Waals surface area contributed by atoms with Crippen molar-refractivity contribution < 1.29 is 9.59 Å². The third-order valence-corrected chi connectivity index (χ3v) is 5.57. The molecule has 25 heavy (non-hydrogen) atoms. The summed E-state index contributed by atoms with van der Waals surface area (Å²) in [4.78, 5) is 34.8. The number of aryl methyl sites for hydroxylation is 1. The van der Waals surface area contributed by atoms with E-state index in [4.69, 9.17) is 0 Å². The van der Waals surface area contributed by atoms with Gasteiger partial charge in [0.2, 0.25) is 5.13 Å². The maximum absolute atomic E-state index is 12.8. The number of urea groups is 1. The Balaban J connectivity index is 1.43. The predicted octanol–water partition coefficient (Wildman–Crippen LogP) is 2.28. The van der Waals surface area contributed by atoms with Crippen LogP contribution < -0.4 is 9.80 Å². The Morgan fingerprint density at radius 2 is 1.84 bits per heavy atom. The Morgan fingerprint density at radius 3 is 2.48 bits per heavy atom. The second kappa shape index (κ2) is 6.44. The minimum absolute atomic E-state index is 0.0930. The minimum Gasteiger partial charge on any atom is -0.347 e. The van der Waals surface area contributed by atoms with Gasteiger partial charge < -0.3 is 9.80 Å². The van der Waals surface area contributed by atoms with E-state index in [0.717, 1.165) is 36.9 Å². The number of benzene rings is 1. The number of hydrogen-bond donors (Lipinski definition) is 0. The van der Waals surface area contributed by atoms with Crippen molar-refractivity contribution in [1.29, 1.82) is 0 Å². The zero-order chi connectivity index (χ0) is 17.4. The van der Waals surface area contributed by atoms with E-state index in [-0.39, 0.29) is 24.5 Å². The molecule has 4 rings (SSSR count). The first-order valence-corrected chi connectivity index (χ1v) is 9.14. The predicted molar refractivity (Wildman–Crippen MR) is 95.9 cm³/mol. The highest BCUT2D eigenvalue weighted by Crippen LogP contribution is 2.28. The summed E-state index contributed by atoms with van der Waals surface area (Å²) in [6.45, 7) is 3.70. The number of amides is 3. The smallest absolute Gasteiger partial charge is 0.332 e. The molecule has 2 fully saturated rings. The molecule has 8 heteroatoms. The normalized spacial score (nSPS) is 19.2. The number of hydrogen-bond acceptors (Lipinski definition) is 6. The number of carbonyl (C=O) groups excluding carboxylic acids is 2. The standard InChI is InChI=1S/C17H19N5O2S/c1-12-18-16(25-19-12)20-9-7-13(8-10-20)21-11-15(23)22(17(21)24)14-5-3-2-4-6-14/h2-6,13H,7-11H2,1H3. The van der Waals surface area contributed by atoms with Crippen LogP contribution in [0.2, 0.25) is 0 Å². The van der Waals surface area contributed by atoms with Gasteiger partial charge in [0.1, 0.15) is 12.4 Å². The summed E-state index contributed by atoms with van der Waals surface area (Å²) in [6.07, 6.45) is 1.67. The van der Waals surface area contributed by atoms with Crippen LogP contribution in [0.25, 0.3) is 0 Å². The topological polar surface area (TPSA) is 69.6 Å². The monoisotopic (exact) mass is 357 g/mol. The number of anilines is 2. The molecule has 2 aliphatic heterocycles. The minimum atomic E-state index is -0.207. The average Bonchev–Trinajstić information content (AvgIpc) is 3.19. The van der Waals surface area contributed by atoms with Crippen molar-refractivity contribution in [3.05, 3.63) is 36.2 Å². The zero-order valence-corrected chi connectivity index (χ0v) is 14.8. The van der Waals surface area contributed by atoms with Gasteiger partial charge in [-0.15, -0.1) is 0 Å². The summed E-state index contributed by atoms with van der Waals surface area (Å²) in [6, 6.07) is 9.01. The zero-order valence-electron chi connectivity index (χ0n) is 14.0. The lowest BCUT2D eigenvalue weighted by Gasteiger charge is -2.35. The Labute approximate surface area is 150 Å². The van der Waals surface area contributed by atoms with Crippen LogP contribution in [0.1, 0.15) is 18.7 Å². The van der Waals surface area contributed by atoms with Crippen molar-refractivity contribution in [2.24, 2.45) is 0 Å². The van der Waals surface area contributed by atoms with E-state index >= 15 is 0 Å². The van der Waals surface area contributed by atoms with E-state index in [0.29, 0.717) is 5.69 Å². The molecule has 1 aromatic carbocycles. The fourth-order valence-corrected chi connectivity index (χ4v) is 4.14. The number of piperidine rings is 1. The van der Waals surface area contributed by atoms with Gasteiger partial charge in [0.05, 0.1) is 5.69 Å². The van der Waals surface area contributed by atoms with Crippen LogP contribution in [0.3, 0.4) is 0 Å². The summed E-state index contributed by atoms with van der Waals surface area (Å²) >= 11 is 1.41. The van der Waals surface area contributed by atoms with Gasteiger partial charge in [-0.1, -0.05) is 18.2 Å². The first-order chi connectivity index (χ1) is 12.1. The van der Waals surface area contributed by atoms with Crippen molar-refractivity contribution in [2.75, 3.05) is 29.4 Å². The van der Waals surface area contributed by atoms with E-state index < -0.39 is 0 Å². The summed E-state index contributed by atoms with van der Waals surface area (Å²) in [5.41, 5.74) is 0.641.